The molecule has 0 radical (unpaired) electrons. The normalized spacial score (nSPS) is 15.7. The van der Waals surface area contributed by atoms with Crippen molar-refractivity contribution >= 4 is 38.5 Å². The number of aromatic nitrogens is 1. The number of sulfonamides is 1. The summed E-state index contributed by atoms with van der Waals surface area (Å²) < 4.78 is 37.7. The first-order valence-electron chi connectivity index (χ1n) is 8.15. The number of anilines is 1. The molecular formula is C17H19N3O5S2. The minimum Gasteiger partial charge on any atom is -0.495 e. The van der Waals surface area contributed by atoms with Crippen LogP contribution in [0.3, 0.4) is 0 Å². The molecule has 3 rings (SSSR count). The topological polar surface area (TPSA) is 97.8 Å². The number of rotatable bonds is 6. The lowest BCUT2D eigenvalue weighted by Gasteiger charge is -2.26. The highest BCUT2D eigenvalue weighted by molar-refractivity contribution is 7.89. The van der Waals surface area contributed by atoms with Gasteiger partial charge in [-0.15, -0.1) is 11.3 Å². The molecule has 1 aromatic heterocycles. The molecule has 0 aliphatic carbocycles. The lowest BCUT2D eigenvalue weighted by atomic mass is 10.2. The predicted octanol–water partition coefficient (Wildman–Crippen LogP) is 1.82. The fourth-order valence-corrected chi connectivity index (χ4v) is 4.66. The highest BCUT2D eigenvalue weighted by Crippen LogP contribution is 2.28. The third kappa shape index (κ3) is 4.72. The Bertz CT molecular complexity index is 920. The second kappa shape index (κ2) is 8.61. The van der Waals surface area contributed by atoms with Crippen LogP contribution in [-0.2, 0) is 19.6 Å². The Balaban J connectivity index is 1.82. The van der Waals surface area contributed by atoms with Gasteiger partial charge in [-0.05, 0) is 23.8 Å². The second-order valence-corrected chi connectivity index (χ2v) is 8.39. The number of thiazole rings is 1. The van der Waals surface area contributed by atoms with E-state index in [9.17, 15) is 13.2 Å². The lowest BCUT2D eigenvalue weighted by Crippen LogP contribution is -2.40. The summed E-state index contributed by atoms with van der Waals surface area (Å²) in [7, 11) is -2.30. The van der Waals surface area contributed by atoms with Crippen molar-refractivity contribution in [2.24, 2.45) is 0 Å². The quantitative estimate of drug-likeness (QED) is 0.731. The zero-order chi connectivity index (χ0) is 19.3. The van der Waals surface area contributed by atoms with Gasteiger partial charge in [0.1, 0.15) is 10.6 Å². The molecular weight excluding hydrogens is 390 g/mol. The largest absolute Gasteiger partial charge is 0.495 e. The van der Waals surface area contributed by atoms with E-state index in [0.717, 1.165) is 0 Å². The maximum absolute atomic E-state index is 12.9. The Labute approximate surface area is 161 Å². The van der Waals surface area contributed by atoms with Gasteiger partial charge in [0.2, 0.25) is 15.9 Å². The molecule has 0 saturated carbocycles. The first-order chi connectivity index (χ1) is 13.0. The molecule has 1 aromatic carbocycles. The summed E-state index contributed by atoms with van der Waals surface area (Å²) in [5, 5.41) is 4.88. The van der Waals surface area contributed by atoms with Crippen LogP contribution in [0.1, 0.15) is 5.56 Å². The number of ether oxygens (including phenoxy) is 2. The molecule has 1 N–H and O–H groups in total. The van der Waals surface area contributed by atoms with Gasteiger partial charge in [-0.2, -0.15) is 4.31 Å². The molecule has 2 heterocycles. The van der Waals surface area contributed by atoms with E-state index in [1.54, 1.807) is 29.8 Å². The summed E-state index contributed by atoms with van der Waals surface area (Å²) >= 11 is 1.31. The predicted molar refractivity (Wildman–Crippen MR) is 102 cm³/mol. The molecule has 1 saturated heterocycles. The molecule has 8 nitrogen and oxygen atoms in total. The lowest BCUT2D eigenvalue weighted by molar-refractivity contribution is -0.111. The van der Waals surface area contributed by atoms with Crippen LogP contribution in [0.4, 0.5) is 5.13 Å². The number of hydrogen-bond acceptors (Lipinski definition) is 7. The molecule has 1 aliphatic rings. The van der Waals surface area contributed by atoms with Gasteiger partial charge in [-0.1, -0.05) is 6.07 Å². The summed E-state index contributed by atoms with van der Waals surface area (Å²) in [6, 6.07) is 4.76. The van der Waals surface area contributed by atoms with Crippen LogP contribution < -0.4 is 10.1 Å². The summed E-state index contributed by atoms with van der Waals surface area (Å²) in [6.45, 7) is 1.31. The Kier molecular flexibility index (Phi) is 6.22. The SMILES string of the molecule is COc1ccc(C=CC(=O)Nc2nccs2)cc1S(=O)(=O)N1CCOCC1. The van der Waals surface area contributed by atoms with Crippen LogP contribution in [0.2, 0.25) is 0 Å². The van der Waals surface area contributed by atoms with Gasteiger partial charge in [0, 0.05) is 30.7 Å². The van der Waals surface area contributed by atoms with Crippen molar-refractivity contribution in [3.05, 3.63) is 41.4 Å². The monoisotopic (exact) mass is 409 g/mol. The Morgan fingerprint density at radius 2 is 2.15 bits per heavy atom. The minimum atomic E-state index is -3.72. The highest BCUT2D eigenvalue weighted by Gasteiger charge is 2.29. The molecule has 10 heteroatoms. The third-order valence-corrected chi connectivity index (χ3v) is 6.47. The van der Waals surface area contributed by atoms with Gasteiger partial charge < -0.3 is 9.47 Å². The Hall–Kier alpha value is -2.27. The number of carbonyl (C=O) groups is 1. The van der Waals surface area contributed by atoms with Crippen LogP contribution in [0, 0.1) is 0 Å². The van der Waals surface area contributed by atoms with Crippen molar-refractivity contribution in [1.29, 1.82) is 0 Å². The molecule has 2 aromatic rings. The molecule has 0 bridgehead atoms. The van der Waals surface area contributed by atoms with Crippen molar-refractivity contribution in [2.45, 2.75) is 4.90 Å². The maximum atomic E-state index is 12.9. The van der Waals surface area contributed by atoms with Gasteiger partial charge in [0.15, 0.2) is 5.13 Å². The van der Waals surface area contributed by atoms with Gasteiger partial charge in [-0.3, -0.25) is 10.1 Å². The van der Waals surface area contributed by atoms with Crippen LogP contribution >= 0.6 is 11.3 Å². The van der Waals surface area contributed by atoms with E-state index in [2.05, 4.69) is 10.3 Å². The third-order valence-electron chi connectivity index (χ3n) is 3.87. The maximum Gasteiger partial charge on any atom is 0.250 e. The van der Waals surface area contributed by atoms with Crippen LogP contribution in [0.15, 0.2) is 40.7 Å². The summed E-state index contributed by atoms with van der Waals surface area (Å²) in [5.41, 5.74) is 0.567. The molecule has 27 heavy (non-hydrogen) atoms. The van der Waals surface area contributed by atoms with E-state index in [0.29, 0.717) is 37.0 Å². The number of nitrogens with zero attached hydrogens (tertiary/aromatic N) is 2. The highest BCUT2D eigenvalue weighted by atomic mass is 32.2. The number of hydrogen-bond donors (Lipinski definition) is 1. The number of morpholine rings is 1. The van der Waals surface area contributed by atoms with Crippen molar-refractivity contribution in [3.63, 3.8) is 0 Å². The number of carbonyl (C=O) groups excluding carboxylic acids is 1. The van der Waals surface area contributed by atoms with Crippen LogP contribution in [-0.4, -0.2) is 57.0 Å². The minimum absolute atomic E-state index is 0.0642. The Morgan fingerprint density at radius 3 is 2.81 bits per heavy atom. The van der Waals surface area contributed by atoms with Gasteiger partial charge in [-0.25, -0.2) is 13.4 Å². The Morgan fingerprint density at radius 1 is 1.37 bits per heavy atom. The van der Waals surface area contributed by atoms with Gasteiger partial charge >= 0.3 is 0 Å². The average Bonchev–Trinajstić information content (AvgIpc) is 3.19. The molecule has 0 unspecified atom stereocenters. The standard InChI is InChI=1S/C17H19N3O5S2/c1-24-14-4-2-13(3-5-16(21)19-17-18-6-11-26-17)12-15(14)27(22,23)20-7-9-25-10-8-20/h2-6,11-12H,7-10H2,1H3,(H,18,19,21). The zero-order valence-corrected chi connectivity index (χ0v) is 16.3. The van der Waals surface area contributed by atoms with Crippen molar-refractivity contribution in [1.82, 2.24) is 9.29 Å². The van der Waals surface area contributed by atoms with E-state index in [4.69, 9.17) is 9.47 Å². The fourth-order valence-electron chi connectivity index (χ4n) is 2.53. The van der Waals surface area contributed by atoms with E-state index in [1.165, 1.54) is 34.9 Å². The molecule has 1 amide bonds. The van der Waals surface area contributed by atoms with Crippen molar-refractivity contribution < 1.29 is 22.7 Å². The molecule has 1 aliphatic heterocycles. The second-order valence-electron chi connectivity index (χ2n) is 5.59. The van der Waals surface area contributed by atoms with Gasteiger partial charge in [0.25, 0.3) is 0 Å². The number of amides is 1. The molecule has 144 valence electrons. The zero-order valence-electron chi connectivity index (χ0n) is 14.6. The molecule has 0 atom stereocenters. The number of methoxy groups -OCH3 is 1. The van der Waals surface area contributed by atoms with Crippen molar-refractivity contribution in [2.75, 3.05) is 38.7 Å². The molecule has 1 fully saturated rings. The summed E-state index contributed by atoms with van der Waals surface area (Å²) in [5.74, 6) is -0.0933. The number of benzene rings is 1. The van der Waals surface area contributed by atoms with Crippen LogP contribution in [0.25, 0.3) is 6.08 Å². The fraction of sp³-hybridized carbons (Fsp3) is 0.294. The number of nitrogens with one attached hydrogen (secondary N) is 1. The van der Waals surface area contributed by atoms with E-state index in [-0.39, 0.29) is 16.6 Å². The first kappa shape index (κ1) is 19.5. The van der Waals surface area contributed by atoms with E-state index >= 15 is 0 Å². The van der Waals surface area contributed by atoms with E-state index < -0.39 is 10.0 Å². The van der Waals surface area contributed by atoms with E-state index in [1.807, 2.05) is 0 Å². The van der Waals surface area contributed by atoms with Gasteiger partial charge in [0.05, 0.1) is 20.3 Å². The van der Waals surface area contributed by atoms with Crippen molar-refractivity contribution in [3.8, 4) is 5.75 Å². The summed E-state index contributed by atoms with van der Waals surface area (Å²) in [4.78, 5) is 16.0. The van der Waals surface area contributed by atoms with Crippen LogP contribution in [0.5, 0.6) is 5.75 Å². The molecule has 0 spiro atoms. The first-order valence-corrected chi connectivity index (χ1v) is 10.5. The summed E-state index contributed by atoms with van der Waals surface area (Å²) in [6.07, 6.45) is 4.46. The average molecular weight is 409 g/mol. The smallest absolute Gasteiger partial charge is 0.250 e.